The average Bonchev–Trinajstić information content (AvgIpc) is 3.18. The van der Waals surface area contributed by atoms with E-state index in [0.717, 1.165) is 17.7 Å². The Labute approximate surface area is 133 Å². The first-order chi connectivity index (χ1) is 10.7. The van der Waals surface area contributed by atoms with Crippen LogP contribution in [0.25, 0.3) is 0 Å². The van der Waals surface area contributed by atoms with Crippen LogP contribution < -0.4 is 4.90 Å². The second-order valence-corrected chi connectivity index (χ2v) is 6.02. The van der Waals surface area contributed by atoms with Crippen molar-refractivity contribution >= 4 is 28.8 Å². The van der Waals surface area contributed by atoms with Crippen molar-refractivity contribution < 1.29 is 9.59 Å². The van der Waals surface area contributed by atoms with Crippen LogP contribution in [0.3, 0.4) is 0 Å². The highest BCUT2D eigenvalue weighted by Crippen LogP contribution is 2.19. The third-order valence-corrected chi connectivity index (χ3v) is 4.41. The maximum atomic E-state index is 12.7. The maximum absolute atomic E-state index is 12.7. The molecular weight excluding hydrogens is 298 g/mol. The third-order valence-electron chi connectivity index (χ3n) is 3.68. The Morgan fingerprint density at radius 1 is 1.41 bits per heavy atom. The van der Waals surface area contributed by atoms with Gasteiger partial charge >= 0.3 is 0 Å². The van der Waals surface area contributed by atoms with E-state index in [1.165, 1.54) is 0 Å². The average molecular weight is 315 g/mol. The number of hydrogen-bond donors (Lipinski definition) is 0. The number of aromatic nitrogens is 1. The molecule has 6 heteroatoms. The van der Waals surface area contributed by atoms with Crippen molar-refractivity contribution in [2.75, 3.05) is 18.0 Å². The van der Waals surface area contributed by atoms with Gasteiger partial charge < -0.3 is 9.80 Å². The number of likely N-dealkylation sites (tertiary alicyclic amines) is 1. The summed E-state index contributed by atoms with van der Waals surface area (Å²) in [4.78, 5) is 31.8. The van der Waals surface area contributed by atoms with Crippen LogP contribution in [0.5, 0.6) is 0 Å². The number of pyridine rings is 1. The van der Waals surface area contributed by atoms with E-state index < -0.39 is 0 Å². The van der Waals surface area contributed by atoms with Crippen LogP contribution in [0.2, 0.25) is 0 Å². The van der Waals surface area contributed by atoms with Gasteiger partial charge in [0.05, 0.1) is 18.4 Å². The molecule has 0 N–H and O–H groups in total. The molecule has 1 saturated heterocycles. The molecule has 3 heterocycles. The molecule has 0 atom stereocenters. The van der Waals surface area contributed by atoms with E-state index in [1.807, 2.05) is 29.0 Å². The predicted molar refractivity (Wildman–Crippen MR) is 85.6 cm³/mol. The molecule has 22 heavy (non-hydrogen) atoms. The maximum Gasteiger partial charge on any atom is 0.246 e. The molecule has 0 radical (unpaired) electrons. The standard InChI is InChI=1S/C16H17N3O2S/c20-15-4-2-7-18(15)11-16(21)19(10-13-5-8-22-12-13)14-3-1-6-17-9-14/h1,3,5-6,8-9,12H,2,4,7,10-11H2. The number of thiophene rings is 1. The lowest BCUT2D eigenvalue weighted by Crippen LogP contribution is -2.40. The Balaban J connectivity index is 1.78. The molecule has 0 aliphatic carbocycles. The van der Waals surface area contributed by atoms with Gasteiger partial charge in [0, 0.05) is 19.2 Å². The lowest BCUT2D eigenvalue weighted by Gasteiger charge is -2.25. The number of anilines is 1. The summed E-state index contributed by atoms with van der Waals surface area (Å²) in [7, 11) is 0. The van der Waals surface area contributed by atoms with Gasteiger partial charge in [-0.2, -0.15) is 11.3 Å². The summed E-state index contributed by atoms with van der Waals surface area (Å²) >= 11 is 1.60. The second kappa shape index (κ2) is 6.70. The fourth-order valence-corrected chi connectivity index (χ4v) is 3.18. The Morgan fingerprint density at radius 2 is 2.32 bits per heavy atom. The van der Waals surface area contributed by atoms with Crippen molar-refractivity contribution in [3.8, 4) is 0 Å². The van der Waals surface area contributed by atoms with E-state index >= 15 is 0 Å². The van der Waals surface area contributed by atoms with Crippen molar-refractivity contribution in [1.29, 1.82) is 0 Å². The van der Waals surface area contributed by atoms with E-state index in [0.29, 0.717) is 19.5 Å². The number of carbonyl (C=O) groups is 2. The molecule has 1 aliphatic heterocycles. The molecule has 0 spiro atoms. The van der Waals surface area contributed by atoms with E-state index in [2.05, 4.69) is 4.98 Å². The minimum atomic E-state index is -0.0746. The van der Waals surface area contributed by atoms with Gasteiger partial charge in [-0.1, -0.05) is 0 Å². The van der Waals surface area contributed by atoms with Crippen molar-refractivity contribution in [2.24, 2.45) is 0 Å². The van der Waals surface area contributed by atoms with E-state index in [9.17, 15) is 9.59 Å². The van der Waals surface area contributed by atoms with Gasteiger partial charge in [0.1, 0.15) is 6.54 Å². The van der Waals surface area contributed by atoms with Crippen LogP contribution >= 0.6 is 11.3 Å². The Kier molecular flexibility index (Phi) is 4.48. The van der Waals surface area contributed by atoms with Crippen LogP contribution in [0, 0.1) is 0 Å². The summed E-state index contributed by atoms with van der Waals surface area (Å²) in [5.41, 5.74) is 1.83. The number of hydrogen-bond acceptors (Lipinski definition) is 4. The van der Waals surface area contributed by atoms with E-state index in [4.69, 9.17) is 0 Å². The summed E-state index contributed by atoms with van der Waals surface area (Å²) in [5, 5.41) is 4.02. The highest BCUT2D eigenvalue weighted by molar-refractivity contribution is 7.07. The summed E-state index contributed by atoms with van der Waals surface area (Å²) < 4.78 is 0. The smallest absolute Gasteiger partial charge is 0.246 e. The van der Waals surface area contributed by atoms with Gasteiger partial charge in [-0.05, 0) is 40.9 Å². The minimum absolute atomic E-state index is 0.0648. The molecular formula is C16H17N3O2S. The number of carbonyl (C=O) groups excluding carboxylic acids is 2. The molecule has 0 bridgehead atoms. The SMILES string of the molecule is O=C1CCCN1CC(=O)N(Cc1ccsc1)c1cccnc1. The van der Waals surface area contributed by atoms with E-state index in [1.54, 1.807) is 33.5 Å². The van der Waals surface area contributed by atoms with Gasteiger partial charge in [0.25, 0.3) is 0 Å². The summed E-state index contributed by atoms with van der Waals surface area (Å²) in [6.45, 7) is 1.30. The molecule has 2 amide bonds. The first-order valence-electron chi connectivity index (χ1n) is 7.23. The van der Waals surface area contributed by atoms with Crippen molar-refractivity contribution in [2.45, 2.75) is 19.4 Å². The first kappa shape index (κ1) is 14.7. The quantitative estimate of drug-likeness (QED) is 0.851. The third kappa shape index (κ3) is 3.33. The minimum Gasteiger partial charge on any atom is -0.333 e. The first-order valence-corrected chi connectivity index (χ1v) is 8.17. The molecule has 114 valence electrons. The number of rotatable bonds is 5. The largest absolute Gasteiger partial charge is 0.333 e. The molecule has 0 unspecified atom stereocenters. The Morgan fingerprint density at radius 3 is 2.95 bits per heavy atom. The van der Waals surface area contributed by atoms with Gasteiger partial charge in [-0.25, -0.2) is 0 Å². The van der Waals surface area contributed by atoms with Crippen molar-refractivity contribution in [3.63, 3.8) is 0 Å². The van der Waals surface area contributed by atoms with Crippen molar-refractivity contribution in [3.05, 3.63) is 46.9 Å². The van der Waals surface area contributed by atoms with Crippen LogP contribution in [0.4, 0.5) is 5.69 Å². The Hall–Kier alpha value is -2.21. The molecule has 3 rings (SSSR count). The fourth-order valence-electron chi connectivity index (χ4n) is 2.52. The van der Waals surface area contributed by atoms with Gasteiger partial charge in [-0.3, -0.25) is 14.6 Å². The van der Waals surface area contributed by atoms with Gasteiger partial charge in [-0.15, -0.1) is 0 Å². The molecule has 1 aliphatic rings. The predicted octanol–water partition coefficient (Wildman–Crippen LogP) is 2.30. The summed E-state index contributed by atoms with van der Waals surface area (Å²) in [6.07, 6.45) is 4.74. The molecule has 5 nitrogen and oxygen atoms in total. The molecule has 0 aromatic carbocycles. The zero-order chi connectivity index (χ0) is 15.4. The van der Waals surface area contributed by atoms with Gasteiger partial charge in [0.15, 0.2) is 0 Å². The van der Waals surface area contributed by atoms with Crippen LogP contribution in [-0.4, -0.2) is 34.8 Å². The summed E-state index contributed by atoms with van der Waals surface area (Å²) in [5.74, 6) is -0.00975. The van der Waals surface area contributed by atoms with Crippen LogP contribution in [0.15, 0.2) is 41.4 Å². The lowest BCUT2D eigenvalue weighted by atomic mass is 10.2. The number of nitrogens with zero attached hydrogens (tertiary/aromatic N) is 3. The zero-order valence-electron chi connectivity index (χ0n) is 12.1. The monoisotopic (exact) mass is 315 g/mol. The Bertz CT molecular complexity index is 643. The van der Waals surface area contributed by atoms with Crippen LogP contribution in [0.1, 0.15) is 18.4 Å². The molecule has 0 saturated carbocycles. The van der Waals surface area contributed by atoms with Gasteiger partial charge in [0.2, 0.25) is 11.8 Å². The van der Waals surface area contributed by atoms with Crippen LogP contribution in [-0.2, 0) is 16.1 Å². The highest BCUT2D eigenvalue weighted by Gasteiger charge is 2.25. The topological polar surface area (TPSA) is 53.5 Å². The number of amides is 2. The summed E-state index contributed by atoms with van der Waals surface area (Å²) in [6, 6.07) is 5.68. The highest BCUT2D eigenvalue weighted by atomic mass is 32.1. The normalized spacial score (nSPS) is 14.4. The molecule has 2 aromatic heterocycles. The van der Waals surface area contributed by atoms with Crippen molar-refractivity contribution in [1.82, 2.24) is 9.88 Å². The fraction of sp³-hybridized carbons (Fsp3) is 0.312. The lowest BCUT2D eigenvalue weighted by molar-refractivity contribution is -0.132. The zero-order valence-corrected chi connectivity index (χ0v) is 13.0. The molecule has 1 fully saturated rings. The van der Waals surface area contributed by atoms with E-state index in [-0.39, 0.29) is 18.4 Å². The molecule has 2 aromatic rings. The second-order valence-electron chi connectivity index (χ2n) is 5.24.